The van der Waals surface area contributed by atoms with E-state index in [1.165, 1.54) is 24.4 Å². The van der Waals surface area contributed by atoms with Gasteiger partial charge in [-0.3, -0.25) is 4.79 Å². The van der Waals surface area contributed by atoms with Crippen LogP contribution in [0.5, 0.6) is 0 Å². The Hall–Kier alpha value is -3.54. The second kappa shape index (κ2) is 9.31. The monoisotopic (exact) mass is 415 g/mol. The number of nitrogens with one attached hydrogen (secondary N) is 1. The summed E-state index contributed by atoms with van der Waals surface area (Å²) in [5, 5.41) is 3.04. The van der Waals surface area contributed by atoms with Gasteiger partial charge in [-0.15, -0.1) is 12.3 Å². The van der Waals surface area contributed by atoms with Crippen molar-refractivity contribution < 1.29 is 18.0 Å². The van der Waals surface area contributed by atoms with Crippen LogP contribution in [-0.4, -0.2) is 46.8 Å². The molecule has 0 saturated carbocycles. The van der Waals surface area contributed by atoms with Crippen LogP contribution < -0.4 is 10.2 Å². The summed E-state index contributed by atoms with van der Waals surface area (Å²) in [7, 11) is 0. The number of halogens is 3. The largest absolute Gasteiger partial charge is 0.416 e. The SMILES string of the molecule is C#CC[C@@H]1CN(c2nccnc2Nc2ccc(C(F)(F)F)cc2)CCN1C=CC=O. The Balaban J connectivity index is 1.79. The van der Waals surface area contributed by atoms with Gasteiger partial charge < -0.3 is 15.1 Å². The lowest BCUT2D eigenvalue weighted by Gasteiger charge is -2.41. The molecule has 3 rings (SSSR count). The maximum Gasteiger partial charge on any atom is 0.416 e. The summed E-state index contributed by atoms with van der Waals surface area (Å²) in [4.78, 5) is 23.4. The van der Waals surface area contributed by atoms with Crippen molar-refractivity contribution in [1.82, 2.24) is 14.9 Å². The minimum absolute atomic E-state index is 0.0131. The molecule has 2 aromatic rings. The van der Waals surface area contributed by atoms with Gasteiger partial charge in [0.25, 0.3) is 0 Å². The Bertz CT molecular complexity index is 937. The molecule has 0 unspecified atom stereocenters. The molecule has 9 heteroatoms. The van der Waals surface area contributed by atoms with Gasteiger partial charge in [-0.05, 0) is 30.3 Å². The molecule has 1 fully saturated rings. The molecular formula is C21H20F3N5O. The Labute approximate surface area is 172 Å². The molecule has 1 aliphatic heterocycles. The zero-order chi connectivity index (χ0) is 21.6. The Morgan fingerprint density at radius 2 is 1.93 bits per heavy atom. The van der Waals surface area contributed by atoms with E-state index in [-0.39, 0.29) is 6.04 Å². The van der Waals surface area contributed by atoms with Crippen LogP contribution in [0.2, 0.25) is 0 Å². The van der Waals surface area contributed by atoms with E-state index in [0.717, 1.165) is 12.1 Å². The Kier molecular flexibility index (Phi) is 6.57. The number of hydrogen-bond acceptors (Lipinski definition) is 6. The molecule has 1 atom stereocenters. The van der Waals surface area contributed by atoms with Crippen molar-refractivity contribution in [2.24, 2.45) is 0 Å². The van der Waals surface area contributed by atoms with E-state index < -0.39 is 11.7 Å². The van der Waals surface area contributed by atoms with E-state index in [1.54, 1.807) is 12.4 Å². The van der Waals surface area contributed by atoms with Crippen LogP contribution in [0.25, 0.3) is 0 Å². The number of carbonyl (C=O) groups is 1. The molecule has 0 amide bonds. The van der Waals surface area contributed by atoms with Crippen molar-refractivity contribution in [3.63, 3.8) is 0 Å². The summed E-state index contributed by atoms with van der Waals surface area (Å²) in [6, 6.07) is 4.72. The van der Waals surface area contributed by atoms with Gasteiger partial charge in [0.15, 0.2) is 11.6 Å². The van der Waals surface area contributed by atoms with Crippen LogP contribution in [0.3, 0.4) is 0 Å². The first kappa shape index (κ1) is 21.2. The lowest BCUT2D eigenvalue weighted by Crippen LogP contribution is -2.51. The molecule has 2 heterocycles. The normalized spacial score (nSPS) is 17.1. The predicted molar refractivity (Wildman–Crippen MR) is 108 cm³/mol. The average Bonchev–Trinajstić information content (AvgIpc) is 2.73. The topological polar surface area (TPSA) is 61.4 Å². The number of aldehydes is 1. The lowest BCUT2D eigenvalue weighted by atomic mass is 10.1. The molecular weight excluding hydrogens is 395 g/mol. The average molecular weight is 415 g/mol. The maximum absolute atomic E-state index is 12.8. The quantitative estimate of drug-likeness (QED) is 0.443. The molecule has 0 bridgehead atoms. The molecule has 30 heavy (non-hydrogen) atoms. The third-order valence-electron chi connectivity index (χ3n) is 4.69. The third kappa shape index (κ3) is 5.08. The van der Waals surface area contributed by atoms with Gasteiger partial charge in [-0.1, -0.05) is 0 Å². The molecule has 1 aliphatic rings. The summed E-state index contributed by atoms with van der Waals surface area (Å²) in [5.74, 6) is 3.67. The highest BCUT2D eigenvalue weighted by atomic mass is 19.4. The molecule has 1 aromatic heterocycles. The van der Waals surface area contributed by atoms with Gasteiger partial charge in [0.1, 0.15) is 6.29 Å². The number of benzene rings is 1. The van der Waals surface area contributed by atoms with E-state index in [1.807, 2.05) is 9.80 Å². The summed E-state index contributed by atoms with van der Waals surface area (Å²) in [6.07, 6.45) is 8.54. The molecule has 1 N–H and O–H groups in total. The third-order valence-corrected chi connectivity index (χ3v) is 4.69. The number of aromatic nitrogens is 2. The first-order valence-electron chi connectivity index (χ1n) is 9.24. The summed E-state index contributed by atoms with van der Waals surface area (Å²) in [5.41, 5.74) is -0.249. The molecule has 0 radical (unpaired) electrons. The fourth-order valence-corrected chi connectivity index (χ4v) is 3.25. The molecule has 0 aliphatic carbocycles. The summed E-state index contributed by atoms with van der Waals surface area (Å²) < 4.78 is 38.3. The summed E-state index contributed by atoms with van der Waals surface area (Å²) in [6.45, 7) is 1.81. The van der Waals surface area contributed by atoms with Crippen molar-refractivity contribution in [3.8, 4) is 12.3 Å². The van der Waals surface area contributed by atoms with Gasteiger partial charge in [-0.2, -0.15) is 13.2 Å². The minimum atomic E-state index is -4.39. The van der Waals surface area contributed by atoms with Gasteiger partial charge in [0.05, 0.1) is 11.6 Å². The number of anilines is 3. The second-order valence-corrected chi connectivity index (χ2v) is 6.65. The van der Waals surface area contributed by atoms with Gasteiger partial charge >= 0.3 is 6.18 Å². The van der Waals surface area contributed by atoms with E-state index in [4.69, 9.17) is 6.42 Å². The zero-order valence-corrected chi connectivity index (χ0v) is 16.0. The first-order valence-corrected chi connectivity index (χ1v) is 9.24. The van der Waals surface area contributed by atoms with Crippen LogP contribution >= 0.6 is 0 Å². The number of terminal acetylenes is 1. The van der Waals surface area contributed by atoms with Gasteiger partial charge in [-0.25, -0.2) is 9.97 Å². The van der Waals surface area contributed by atoms with Crippen LogP contribution in [0, 0.1) is 12.3 Å². The maximum atomic E-state index is 12.8. The van der Waals surface area contributed by atoms with E-state index in [9.17, 15) is 18.0 Å². The second-order valence-electron chi connectivity index (χ2n) is 6.65. The molecule has 1 aromatic carbocycles. The number of hydrogen-bond donors (Lipinski definition) is 1. The first-order chi connectivity index (χ1) is 14.4. The Morgan fingerprint density at radius 1 is 1.20 bits per heavy atom. The van der Waals surface area contributed by atoms with E-state index in [0.29, 0.717) is 49.7 Å². The van der Waals surface area contributed by atoms with Crippen LogP contribution in [-0.2, 0) is 11.0 Å². The smallest absolute Gasteiger partial charge is 0.370 e. The highest BCUT2D eigenvalue weighted by Crippen LogP contribution is 2.31. The van der Waals surface area contributed by atoms with Crippen molar-refractivity contribution >= 4 is 23.6 Å². The molecule has 156 valence electrons. The summed E-state index contributed by atoms with van der Waals surface area (Å²) >= 11 is 0. The van der Waals surface area contributed by atoms with Crippen molar-refractivity contribution in [3.05, 3.63) is 54.5 Å². The van der Waals surface area contributed by atoms with E-state index in [2.05, 4.69) is 21.2 Å². The number of nitrogens with zero attached hydrogens (tertiary/aromatic N) is 4. The molecule has 0 spiro atoms. The van der Waals surface area contributed by atoms with Gasteiger partial charge in [0, 0.05) is 50.3 Å². The highest BCUT2D eigenvalue weighted by Gasteiger charge is 2.30. The molecule has 1 saturated heterocycles. The van der Waals surface area contributed by atoms with Crippen LogP contribution in [0.4, 0.5) is 30.5 Å². The number of piperazine rings is 1. The Morgan fingerprint density at radius 3 is 2.60 bits per heavy atom. The fourth-order valence-electron chi connectivity index (χ4n) is 3.25. The number of alkyl halides is 3. The van der Waals surface area contributed by atoms with Crippen molar-refractivity contribution in [2.45, 2.75) is 18.6 Å². The standard InChI is InChI=1S/C21H20F3N5O/c1-2-4-18-15-29(13-12-28(18)11-3-14-30)20-19(25-9-10-26-20)27-17-7-5-16(6-8-17)21(22,23)24/h1,3,5-11,14,18H,4,12-13,15H2,(H,25,27)/t18-/m1/s1. The lowest BCUT2D eigenvalue weighted by molar-refractivity contribution is -0.137. The minimum Gasteiger partial charge on any atom is -0.370 e. The fraction of sp³-hybridized carbons (Fsp3) is 0.286. The number of rotatable bonds is 6. The number of allylic oxidation sites excluding steroid dienone is 1. The van der Waals surface area contributed by atoms with Gasteiger partial charge in [0.2, 0.25) is 0 Å². The van der Waals surface area contributed by atoms with Crippen LogP contribution in [0.15, 0.2) is 48.9 Å². The van der Waals surface area contributed by atoms with E-state index >= 15 is 0 Å². The van der Waals surface area contributed by atoms with Crippen LogP contribution in [0.1, 0.15) is 12.0 Å². The predicted octanol–water partition coefficient (Wildman–Crippen LogP) is 3.47. The van der Waals surface area contributed by atoms with Crippen molar-refractivity contribution in [1.29, 1.82) is 0 Å². The highest BCUT2D eigenvalue weighted by molar-refractivity contribution is 5.68. The zero-order valence-electron chi connectivity index (χ0n) is 16.0. The molecule has 6 nitrogen and oxygen atoms in total. The van der Waals surface area contributed by atoms with Crippen molar-refractivity contribution in [2.75, 3.05) is 29.9 Å². The number of carbonyl (C=O) groups excluding carboxylic acids is 1.